The molecule has 1 aliphatic rings. The lowest BCUT2D eigenvalue weighted by atomic mass is 9.97. The number of rotatable bonds is 6. The molecule has 0 saturated carbocycles. The number of piperidine rings is 1. The van der Waals surface area contributed by atoms with Crippen molar-refractivity contribution in [2.45, 2.75) is 44.7 Å². The van der Waals surface area contributed by atoms with Crippen molar-refractivity contribution in [2.24, 2.45) is 0 Å². The van der Waals surface area contributed by atoms with Crippen LogP contribution in [0.1, 0.15) is 37.7 Å². The van der Waals surface area contributed by atoms with E-state index in [1.54, 1.807) is 7.11 Å². The molecule has 0 bridgehead atoms. The zero-order valence-electron chi connectivity index (χ0n) is 12.0. The molecule has 1 N–H and O–H groups in total. The quantitative estimate of drug-likeness (QED) is 0.868. The average Bonchev–Trinajstić information content (AvgIpc) is 2.47. The first-order valence-electron chi connectivity index (χ1n) is 7.28. The Balaban J connectivity index is 2.02. The number of likely N-dealkylation sites (tertiary alicyclic amines) is 1. The van der Waals surface area contributed by atoms with Crippen LogP contribution in [0, 0.1) is 0 Å². The van der Waals surface area contributed by atoms with Crippen molar-refractivity contribution in [3.8, 4) is 5.75 Å². The fourth-order valence-electron chi connectivity index (χ4n) is 2.94. The Kier molecular flexibility index (Phi) is 5.41. The summed E-state index contributed by atoms with van der Waals surface area (Å²) in [6, 6.07) is 8.44. The average molecular weight is 277 g/mol. The second-order valence-electron chi connectivity index (χ2n) is 5.36. The maximum atomic E-state index is 10.8. The molecule has 0 spiro atoms. The number of hydrogen-bond donors (Lipinski definition) is 1. The van der Waals surface area contributed by atoms with Gasteiger partial charge in [-0.1, -0.05) is 24.6 Å². The van der Waals surface area contributed by atoms with E-state index in [4.69, 9.17) is 9.84 Å². The van der Waals surface area contributed by atoms with Crippen LogP contribution < -0.4 is 4.74 Å². The molecule has 1 saturated heterocycles. The van der Waals surface area contributed by atoms with Crippen molar-refractivity contribution in [3.05, 3.63) is 29.8 Å². The van der Waals surface area contributed by atoms with Crippen LogP contribution in [0.4, 0.5) is 0 Å². The molecule has 1 atom stereocenters. The van der Waals surface area contributed by atoms with Gasteiger partial charge < -0.3 is 9.84 Å². The van der Waals surface area contributed by atoms with Gasteiger partial charge in [0.15, 0.2) is 0 Å². The van der Waals surface area contributed by atoms with E-state index in [0.717, 1.165) is 31.7 Å². The number of aliphatic carboxylic acids is 1. The molecule has 1 fully saturated rings. The van der Waals surface area contributed by atoms with Gasteiger partial charge in [-0.25, -0.2) is 0 Å². The van der Waals surface area contributed by atoms with Crippen molar-refractivity contribution >= 4 is 5.97 Å². The third kappa shape index (κ3) is 3.97. The van der Waals surface area contributed by atoms with Crippen molar-refractivity contribution in [1.82, 2.24) is 4.90 Å². The molecule has 4 nitrogen and oxygen atoms in total. The second-order valence-corrected chi connectivity index (χ2v) is 5.36. The molecule has 1 aliphatic heterocycles. The maximum Gasteiger partial charge on any atom is 0.303 e. The Morgan fingerprint density at radius 2 is 2.20 bits per heavy atom. The van der Waals surface area contributed by atoms with Crippen LogP contribution in [0.2, 0.25) is 0 Å². The topological polar surface area (TPSA) is 49.8 Å². The smallest absolute Gasteiger partial charge is 0.303 e. The van der Waals surface area contributed by atoms with Gasteiger partial charge in [-0.3, -0.25) is 9.69 Å². The number of carbonyl (C=O) groups is 1. The third-order valence-electron chi connectivity index (χ3n) is 4.01. The summed E-state index contributed by atoms with van der Waals surface area (Å²) in [4.78, 5) is 13.2. The number of nitrogens with zero attached hydrogens (tertiary/aromatic N) is 1. The van der Waals surface area contributed by atoms with Crippen molar-refractivity contribution in [3.63, 3.8) is 0 Å². The van der Waals surface area contributed by atoms with Gasteiger partial charge in [0, 0.05) is 24.6 Å². The van der Waals surface area contributed by atoms with Gasteiger partial charge in [0.25, 0.3) is 0 Å². The van der Waals surface area contributed by atoms with E-state index in [1.807, 2.05) is 18.2 Å². The van der Waals surface area contributed by atoms with Gasteiger partial charge >= 0.3 is 5.97 Å². The molecule has 20 heavy (non-hydrogen) atoms. The Morgan fingerprint density at radius 3 is 2.95 bits per heavy atom. The van der Waals surface area contributed by atoms with Crippen LogP contribution in [-0.4, -0.2) is 35.7 Å². The number of hydrogen-bond acceptors (Lipinski definition) is 3. The predicted octanol–water partition coefficient (Wildman–Crippen LogP) is 2.91. The summed E-state index contributed by atoms with van der Waals surface area (Å²) in [7, 11) is 1.69. The molecule has 0 amide bonds. The molecular weight excluding hydrogens is 254 g/mol. The highest BCUT2D eigenvalue weighted by molar-refractivity contribution is 5.66. The van der Waals surface area contributed by atoms with Gasteiger partial charge in [-0.15, -0.1) is 0 Å². The Bertz CT molecular complexity index is 447. The molecule has 1 unspecified atom stereocenters. The van der Waals surface area contributed by atoms with E-state index in [1.165, 1.54) is 18.4 Å². The summed E-state index contributed by atoms with van der Waals surface area (Å²) < 4.78 is 5.40. The summed E-state index contributed by atoms with van der Waals surface area (Å²) in [5.41, 5.74) is 1.18. The number of benzene rings is 1. The number of ether oxygens (including phenoxy) is 1. The Morgan fingerprint density at radius 1 is 1.40 bits per heavy atom. The van der Waals surface area contributed by atoms with Crippen LogP contribution >= 0.6 is 0 Å². The monoisotopic (exact) mass is 277 g/mol. The Labute approximate surface area is 120 Å². The van der Waals surface area contributed by atoms with Gasteiger partial charge in [0.1, 0.15) is 5.75 Å². The fourth-order valence-corrected chi connectivity index (χ4v) is 2.94. The summed E-state index contributed by atoms with van der Waals surface area (Å²) in [6.45, 7) is 1.89. The van der Waals surface area contributed by atoms with E-state index in [2.05, 4.69) is 11.0 Å². The van der Waals surface area contributed by atoms with Crippen LogP contribution in [0.5, 0.6) is 5.75 Å². The largest absolute Gasteiger partial charge is 0.496 e. The molecule has 0 aromatic heterocycles. The normalized spacial score (nSPS) is 19.8. The number of carboxylic acid groups (broad SMARTS) is 1. The number of carboxylic acids is 1. The first-order valence-corrected chi connectivity index (χ1v) is 7.28. The number of methoxy groups -OCH3 is 1. The lowest BCUT2D eigenvalue weighted by Gasteiger charge is -2.35. The molecule has 1 heterocycles. The highest BCUT2D eigenvalue weighted by Crippen LogP contribution is 2.26. The van der Waals surface area contributed by atoms with E-state index in [-0.39, 0.29) is 6.42 Å². The first-order chi connectivity index (χ1) is 9.70. The van der Waals surface area contributed by atoms with Crippen molar-refractivity contribution in [1.29, 1.82) is 0 Å². The molecule has 1 aromatic carbocycles. The summed E-state index contributed by atoms with van der Waals surface area (Å²) in [5, 5.41) is 8.86. The SMILES string of the molecule is COc1ccccc1CN1CCCCC1CCC(=O)O. The van der Waals surface area contributed by atoms with Crippen LogP contribution in [0.15, 0.2) is 24.3 Å². The number of para-hydroxylation sites is 1. The van der Waals surface area contributed by atoms with Crippen LogP contribution in [0.25, 0.3) is 0 Å². The molecule has 110 valence electrons. The van der Waals surface area contributed by atoms with Gasteiger partial charge in [-0.2, -0.15) is 0 Å². The first kappa shape index (κ1) is 14.9. The van der Waals surface area contributed by atoms with Crippen molar-refractivity contribution in [2.75, 3.05) is 13.7 Å². The van der Waals surface area contributed by atoms with E-state index < -0.39 is 5.97 Å². The van der Waals surface area contributed by atoms with Crippen LogP contribution in [-0.2, 0) is 11.3 Å². The molecule has 0 aliphatic carbocycles. The zero-order chi connectivity index (χ0) is 14.4. The van der Waals surface area contributed by atoms with Crippen LogP contribution in [0.3, 0.4) is 0 Å². The van der Waals surface area contributed by atoms with Crippen molar-refractivity contribution < 1.29 is 14.6 Å². The maximum absolute atomic E-state index is 10.8. The third-order valence-corrected chi connectivity index (χ3v) is 4.01. The molecular formula is C16H23NO3. The highest BCUT2D eigenvalue weighted by Gasteiger charge is 2.23. The zero-order valence-corrected chi connectivity index (χ0v) is 12.0. The van der Waals surface area contributed by atoms with Gasteiger partial charge in [0.05, 0.1) is 7.11 Å². The van der Waals surface area contributed by atoms with E-state index >= 15 is 0 Å². The highest BCUT2D eigenvalue weighted by atomic mass is 16.5. The molecule has 0 radical (unpaired) electrons. The minimum absolute atomic E-state index is 0.257. The van der Waals surface area contributed by atoms with E-state index in [9.17, 15) is 4.79 Å². The minimum Gasteiger partial charge on any atom is -0.496 e. The minimum atomic E-state index is -0.701. The Hall–Kier alpha value is -1.55. The van der Waals surface area contributed by atoms with Gasteiger partial charge in [0.2, 0.25) is 0 Å². The predicted molar refractivity (Wildman–Crippen MR) is 77.9 cm³/mol. The molecule has 2 rings (SSSR count). The molecule has 1 aromatic rings. The summed E-state index contributed by atoms with van der Waals surface area (Å²) in [5.74, 6) is 0.211. The summed E-state index contributed by atoms with van der Waals surface area (Å²) >= 11 is 0. The standard InChI is InChI=1S/C16H23NO3/c1-20-15-8-3-2-6-13(15)12-17-11-5-4-7-14(17)9-10-16(18)19/h2-3,6,8,14H,4-5,7,9-12H2,1H3,(H,18,19). The fraction of sp³-hybridized carbons (Fsp3) is 0.562. The van der Waals surface area contributed by atoms with Gasteiger partial charge in [-0.05, 0) is 31.9 Å². The lowest BCUT2D eigenvalue weighted by molar-refractivity contribution is -0.137. The summed E-state index contributed by atoms with van der Waals surface area (Å²) in [6.07, 6.45) is 4.49. The molecule has 4 heteroatoms. The lowest BCUT2D eigenvalue weighted by Crippen LogP contribution is -2.39. The second kappa shape index (κ2) is 7.29. The van der Waals surface area contributed by atoms with E-state index in [0.29, 0.717) is 6.04 Å².